The minimum atomic E-state index is -0.109. The van der Waals surface area contributed by atoms with Gasteiger partial charge in [0.15, 0.2) is 6.20 Å². The zero-order valence-corrected chi connectivity index (χ0v) is 19.9. The van der Waals surface area contributed by atoms with Crippen LogP contribution in [0.1, 0.15) is 12.6 Å². The van der Waals surface area contributed by atoms with Crippen molar-refractivity contribution in [1.82, 2.24) is 14.0 Å². The SMILES string of the molecule is C=CCn1c(=O)c(=C2C=CC=CN2C)s/c1=c1\sc(=Cc2cccc[n+]2C)n(CC)c1=O. The molecule has 6 nitrogen and oxygen atoms in total. The summed E-state index contributed by atoms with van der Waals surface area (Å²) in [5.41, 5.74) is 1.63. The highest BCUT2D eigenvalue weighted by atomic mass is 32.1. The Morgan fingerprint density at radius 3 is 2.56 bits per heavy atom. The van der Waals surface area contributed by atoms with Crippen LogP contribution in [0.5, 0.6) is 0 Å². The minimum Gasteiger partial charge on any atom is -0.350 e. The van der Waals surface area contributed by atoms with Crippen molar-refractivity contribution in [3.63, 3.8) is 0 Å². The van der Waals surface area contributed by atoms with Gasteiger partial charge in [-0.15, -0.1) is 29.3 Å². The molecule has 3 aromatic heterocycles. The number of aromatic nitrogens is 3. The molecule has 0 saturated carbocycles. The largest absolute Gasteiger partial charge is 0.350 e. The molecule has 4 rings (SSSR count). The predicted molar refractivity (Wildman–Crippen MR) is 131 cm³/mol. The Balaban J connectivity index is 2.15. The van der Waals surface area contributed by atoms with Crippen molar-refractivity contribution in [3.8, 4) is 0 Å². The molecule has 32 heavy (non-hydrogen) atoms. The molecule has 8 heteroatoms. The lowest BCUT2D eigenvalue weighted by atomic mass is 10.3. The molecule has 0 N–H and O–H groups in total. The molecule has 0 amide bonds. The second-order valence-corrected chi connectivity index (χ2v) is 9.37. The van der Waals surface area contributed by atoms with Crippen molar-refractivity contribution in [3.05, 3.63) is 106 Å². The van der Waals surface area contributed by atoms with E-state index in [1.165, 1.54) is 22.7 Å². The molecular formula is C24H25N4O2S2+. The molecule has 0 saturated heterocycles. The van der Waals surface area contributed by atoms with Gasteiger partial charge in [0.1, 0.15) is 25.4 Å². The van der Waals surface area contributed by atoms with Gasteiger partial charge in [0.2, 0.25) is 5.69 Å². The van der Waals surface area contributed by atoms with Crippen LogP contribution in [0.15, 0.2) is 71.1 Å². The minimum absolute atomic E-state index is 0.0783. The first kappa shape index (κ1) is 22.0. The summed E-state index contributed by atoms with van der Waals surface area (Å²) in [6, 6.07) is 5.95. The quantitative estimate of drug-likeness (QED) is 0.432. The van der Waals surface area contributed by atoms with Crippen LogP contribution in [0.3, 0.4) is 0 Å². The van der Waals surface area contributed by atoms with Gasteiger partial charge in [-0.25, -0.2) is 4.57 Å². The summed E-state index contributed by atoms with van der Waals surface area (Å²) >= 11 is 2.78. The lowest BCUT2D eigenvalue weighted by molar-refractivity contribution is -0.673. The van der Waals surface area contributed by atoms with Crippen LogP contribution in [0.4, 0.5) is 0 Å². The van der Waals surface area contributed by atoms with E-state index >= 15 is 0 Å². The molecule has 0 unspecified atom stereocenters. The van der Waals surface area contributed by atoms with Gasteiger partial charge < -0.3 is 4.90 Å². The number of thiazole rings is 2. The van der Waals surface area contributed by atoms with Crippen molar-refractivity contribution < 1.29 is 4.57 Å². The Hall–Kier alpha value is -3.23. The number of allylic oxidation sites excluding steroid dienone is 3. The monoisotopic (exact) mass is 465 g/mol. The molecule has 0 bridgehead atoms. The number of likely N-dealkylation sites (N-methyl/N-ethyl adjacent to an activating group) is 1. The zero-order chi connectivity index (χ0) is 22.8. The Labute approximate surface area is 193 Å². The van der Waals surface area contributed by atoms with E-state index in [1.54, 1.807) is 15.2 Å². The molecule has 164 valence electrons. The third-order valence-corrected chi connectivity index (χ3v) is 7.73. The first-order valence-corrected chi connectivity index (χ1v) is 11.9. The van der Waals surface area contributed by atoms with Crippen molar-refractivity contribution in [2.45, 2.75) is 20.0 Å². The molecule has 1 aliphatic heterocycles. The summed E-state index contributed by atoms with van der Waals surface area (Å²) in [4.78, 5) is 28.6. The van der Waals surface area contributed by atoms with E-state index in [0.717, 1.165) is 16.1 Å². The second kappa shape index (κ2) is 9.10. The van der Waals surface area contributed by atoms with Gasteiger partial charge in [0, 0.05) is 44.5 Å². The Kier molecular flexibility index (Phi) is 6.25. The highest BCUT2D eigenvalue weighted by molar-refractivity contribution is 7.11. The Bertz CT molecular complexity index is 1580. The average molecular weight is 466 g/mol. The highest BCUT2D eigenvalue weighted by Gasteiger charge is 2.14. The fourth-order valence-corrected chi connectivity index (χ4v) is 6.09. The van der Waals surface area contributed by atoms with Crippen molar-refractivity contribution >= 4 is 34.4 Å². The number of rotatable bonds is 4. The van der Waals surface area contributed by atoms with E-state index in [2.05, 4.69) is 6.58 Å². The number of hydrogen-bond donors (Lipinski definition) is 0. The van der Waals surface area contributed by atoms with E-state index in [-0.39, 0.29) is 11.1 Å². The number of nitrogens with zero attached hydrogens (tertiary/aromatic N) is 4. The summed E-state index contributed by atoms with van der Waals surface area (Å²) in [6.45, 7) is 6.66. The third kappa shape index (κ3) is 3.87. The normalized spacial score (nSPS) is 16.7. The van der Waals surface area contributed by atoms with Crippen LogP contribution >= 0.6 is 22.7 Å². The second-order valence-electron chi connectivity index (χ2n) is 7.34. The molecule has 4 heterocycles. The van der Waals surface area contributed by atoms with E-state index in [0.29, 0.717) is 26.8 Å². The summed E-state index contributed by atoms with van der Waals surface area (Å²) in [5, 5.41) is 0. The molecule has 3 aromatic rings. The maximum Gasteiger partial charge on any atom is 0.272 e. The lowest BCUT2D eigenvalue weighted by Gasteiger charge is -2.16. The van der Waals surface area contributed by atoms with E-state index in [1.807, 2.05) is 85.4 Å². The predicted octanol–water partition coefficient (Wildman–Crippen LogP) is 1.40. The van der Waals surface area contributed by atoms with Gasteiger partial charge in [0.05, 0.1) is 5.70 Å². The van der Waals surface area contributed by atoms with Gasteiger partial charge >= 0.3 is 0 Å². The van der Waals surface area contributed by atoms with Gasteiger partial charge in [-0.3, -0.25) is 18.7 Å². The molecule has 0 fully saturated rings. The lowest BCUT2D eigenvalue weighted by Crippen LogP contribution is -2.33. The van der Waals surface area contributed by atoms with Crippen LogP contribution in [-0.4, -0.2) is 21.1 Å². The van der Waals surface area contributed by atoms with Crippen LogP contribution < -0.4 is 24.9 Å². The first-order valence-electron chi connectivity index (χ1n) is 10.3. The van der Waals surface area contributed by atoms with Gasteiger partial charge in [-0.05, 0) is 25.1 Å². The number of pyridine rings is 1. The maximum atomic E-state index is 13.4. The van der Waals surface area contributed by atoms with Gasteiger partial charge in [-0.1, -0.05) is 12.2 Å². The van der Waals surface area contributed by atoms with E-state index < -0.39 is 0 Å². The van der Waals surface area contributed by atoms with Crippen LogP contribution in [0.25, 0.3) is 11.8 Å². The van der Waals surface area contributed by atoms with Crippen LogP contribution in [-0.2, 0) is 20.1 Å². The van der Waals surface area contributed by atoms with Gasteiger partial charge in [-0.2, -0.15) is 0 Å². The van der Waals surface area contributed by atoms with Crippen molar-refractivity contribution in [2.24, 2.45) is 7.05 Å². The molecule has 0 aliphatic carbocycles. The summed E-state index contributed by atoms with van der Waals surface area (Å²) in [7, 11) is 3.88. The first-order chi connectivity index (χ1) is 15.5. The fourth-order valence-electron chi connectivity index (χ4n) is 3.58. The van der Waals surface area contributed by atoms with Crippen LogP contribution in [0, 0.1) is 9.20 Å². The molecular weight excluding hydrogens is 440 g/mol. The smallest absolute Gasteiger partial charge is 0.272 e. The maximum absolute atomic E-state index is 13.4. The van der Waals surface area contributed by atoms with E-state index in [4.69, 9.17) is 0 Å². The van der Waals surface area contributed by atoms with E-state index in [9.17, 15) is 9.59 Å². The molecule has 0 radical (unpaired) electrons. The molecule has 1 aliphatic rings. The zero-order valence-electron chi connectivity index (χ0n) is 18.3. The number of hydrogen-bond acceptors (Lipinski definition) is 5. The topological polar surface area (TPSA) is 51.1 Å². The summed E-state index contributed by atoms with van der Waals surface area (Å²) < 4.78 is 8.13. The average Bonchev–Trinajstić information content (AvgIpc) is 3.26. The Morgan fingerprint density at radius 1 is 1.09 bits per heavy atom. The third-order valence-electron chi connectivity index (χ3n) is 5.27. The Morgan fingerprint density at radius 2 is 1.88 bits per heavy atom. The molecule has 0 atom stereocenters. The summed E-state index contributed by atoms with van der Waals surface area (Å²) in [5.74, 6) is 0. The van der Waals surface area contributed by atoms with Crippen molar-refractivity contribution in [1.29, 1.82) is 0 Å². The van der Waals surface area contributed by atoms with Crippen molar-refractivity contribution in [2.75, 3.05) is 7.05 Å². The summed E-state index contributed by atoms with van der Waals surface area (Å²) in [6.07, 6.45) is 13.3. The standard InChI is InChI=1S/C24H25N4O2S2/c1-5-13-28-22(29)20(18-12-8-10-15-26(18)4)32-24(28)21-23(30)27(6-2)19(31-21)16-17-11-7-9-14-25(17)3/h5,7-12,14-16H,1,6,13H2,2-4H3/q+1/b20-18?,24-21-. The fraction of sp³-hybridized carbons (Fsp3) is 0.208. The molecule has 0 spiro atoms. The number of aryl methyl sites for hydroxylation is 1. The van der Waals surface area contributed by atoms with Crippen LogP contribution in [0.2, 0.25) is 0 Å². The molecule has 0 aromatic carbocycles. The van der Waals surface area contributed by atoms with Gasteiger partial charge in [0.25, 0.3) is 11.1 Å². The highest BCUT2D eigenvalue weighted by Crippen LogP contribution is 2.10.